The number of halogens is 1. The van der Waals surface area contributed by atoms with Gasteiger partial charge >= 0.3 is 0 Å². The molecule has 0 aromatic rings. The van der Waals surface area contributed by atoms with Crippen LogP contribution in [0.15, 0.2) is 12.2 Å². The lowest BCUT2D eigenvalue weighted by atomic mass is 10.6. The van der Waals surface area contributed by atoms with Crippen LogP contribution in [0.3, 0.4) is 0 Å². The van der Waals surface area contributed by atoms with Crippen LogP contribution in [0.25, 0.3) is 0 Å². The van der Waals surface area contributed by atoms with E-state index in [0.717, 1.165) is 0 Å². The van der Waals surface area contributed by atoms with Crippen molar-refractivity contribution in [2.45, 2.75) is 0 Å². The van der Waals surface area contributed by atoms with Gasteiger partial charge in [-0.1, -0.05) is 12.2 Å². The highest BCUT2D eigenvalue weighted by Gasteiger charge is 1.55. The second-order valence-corrected chi connectivity index (χ2v) is 0.891. The molecule has 5 heavy (non-hydrogen) atoms. The Hall–Kier alpha value is 0.0300. The van der Waals surface area contributed by atoms with Crippen molar-refractivity contribution in [2.75, 3.05) is 5.88 Å². The van der Waals surface area contributed by atoms with Crippen molar-refractivity contribution in [1.29, 1.82) is 0 Å². The minimum atomic E-state index is 0.510. The molecule has 0 aromatic heterocycles. The van der Waals surface area contributed by atoms with Gasteiger partial charge in [0.15, 0.2) is 0 Å². The summed E-state index contributed by atoms with van der Waals surface area (Å²) in [5.74, 6) is 0.510. The minimum Gasteiger partial charge on any atom is -0.122 e. The SMILES string of the molecule is [CH]/C=C/CCl. The van der Waals surface area contributed by atoms with Crippen LogP contribution in [0.5, 0.6) is 0 Å². The molecular weight excluding hydrogens is 83.5 g/mol. The van der Waals surface area contributed by atoms with Crippen molar-refractivity contribution < 1.29 is 0 Å². The molecule has 0 saturated heterocycles. The smallest absolute Gasteiger partial charge is 0.0404 e. The molecule has 0 aliphatic carbocycles. The summed E-state index contributed by atoms with van der Waals surface area (Å²) >= 11 is 5.13. The van der Waals surface area contributed by atoms with Gasteiger partial charge in [0, 0.05) is 5.88 Å². The van der Waals surface area contributed by atoms with E-state index in [-0.39, 0.29) is 0 Å². The number of rotatable bonds is 1. The van der Waals surface area contributed by atoms with E-state index in [9.17, 15) is 0 Å². The maximum Gasteiger partial charge on any atom is 0.0404 e. The minimum absolute atomic E-state index is 0.510. The summed E-state index contributed by atoms with van der Waals surface area (Å²) < 4.78 is 0. The van der Waals surface area contributed by atoms with Crippen LogP contribution in [0.4, 0.5) is 0 Å². The third-order valence-electron chi connectivity index (χ3n) is 0.225. The van der Waals surface area contributed by atoms with E-state index in [1.165, 1.54) is 6.08 Å². The molecule has 0 unspecified atom stereocenters. The Labute approximate surface area is 37.4 Å². The molecule has 0 spiro atoms. The lowest BCUT2D eigenvalue weighted by Crippen LogP contribution is -1.51. The Morgan fingerprint density at radius 2 is 2.40 bits per heavy atom. The molecule has 0 aliphatic rings. The van der Waals surface area contributed by atoms with Crippen molar-refractivity contribution in [3.8, 4) is 0 Å². The van der Waals surface area contributed by atoms with Crippen LogP contribution >= 0.6 is 11.6 Å². The molecule has 0 rings (SSSR count). The molecule has 0 amide bonds. The van der Waals surface area contributed by atoms with Gasteiger partial charge in [0.2, 0.25) is 0 Å². The standard InChI is InChI=1S/C4H5Cl/c1-2-3-4-5/h1-3H,4H2/b3-2+. The van der Waals surface area contributed by atoms with Crippen LogP contribution < -0.4 is 0 Å². The van der Waals surface area contributed by atoms with Crippen molar-refractivity contribution in [3.63, 3.8) is 0 Å². The highest BCUT2D eigenvalue weighted by Crippen LogP contribution is 1.72. The molecule has 0 aliphatic heterocycles. The average Bonchev–Trinajstić information content (AvgIpc) is 1.41. The molecule has 0 nitrogen and oxygen atoms in total. The summed E-state index contributed by atoms with van der Waals surface area (Å²) in [6, 6.07) is 0. The molecule has 0 fully saturated rings. The Balaban J connectivity index is 2.62. The van der Waals surface area contributed by atoms with E-state index in [0.29, 0.717) is 5.88 Å². The van der Waals surface area contributed by atoms with Crippen molar-refractivity contribution in [1.82, 2.24) is 0 Å². The normalized spacial score (nSPS) is 10.0. The molecular formula is C4H5Cl. The Morgan fingerprint density at radius 3 is 2.40 bits per heavy atom. The second-order valence-electron chi connectivity index (χ2n) is 0.582. The van der Waals surface area contributed by atoms with E-state index < -0.39 is 0 Å². The Kier molecular flexibility index (Phi) is 4.05. The van der Waals surface area contributed by atoms with Gasteiger partial charge in [-0.25, -0.2) is 0 Å². The Morgan fingerprint density at radius 1 is 1.80 bits per heavy atom. The summed E-state index contributed by atoms with van der Waals surface area (Å²) in [6.45, 7) is 4.87. The first kappa shape index (κ1) is 5.03. The third kappa shape index (κ3) is 4.03. The van der Waals surface area contributed by atoms with Gasteiger partial charge in [-0.15, -0.1) is 11.6 Å². The molecule has 0 heterocycles. The zero-order chi connectivity index (χ0) is 4.12. The zero-order valence-electron chi connectivity index (χ0n) is 2.82. The molecule has 2 radical (unpaired) electrons. The summed E-state index contributed by atoms with van der Waals surface area (Å²) in [6.07, 6.45) is 3.09. The van der Waals surface area contributed by atoms with Crippen molar-refractivity contribution in [2.24, 2.45) is 0 Å². The van der Waals surface area contributed by atoms with Gasteiger partial charge in [0.05, 0.1) is 0 Å². The monoisotopic (exact) mass is 88.0 g/mol. The van der Waals surface area contributed by atoms with Crippen molar-refractivity contribution >= 4 is 11.6 Å². The maximum absolute atomic E-state index is 5.13. The number of allylic oxidation sites excluding steroid dienone is 2. The van der Waals surface area contributed by atoms with Crippen LogP contribution in [0, 0.1) is 6.92 Å². The van der Waals surface area contributed by atoms with Gasteiger partial charge in [0.25, 0.3) is 0 Å². The van der Waals surface area contributed by atoms with Gasteiger partial charge in [-0.2, -0.15) is 0 Å². The van der Waals surface area contributed by atoms with Gasteiger partial charge in [0.1, 0.15) is 0 Å². The highest BCUT2D eigenvalue weighted by molar-refractivity contribution is 6.18. The van der Waals surface area contributed by atoms with Gasteiger partial charge < -0.3 is 0 Å². The lowest BCUT2D eigenvalue weighted by molar-refractivity contribution is 1.75. The predicted octanol–water partition coefficient (Wildman–Crippen LogP) is 1.49. The number of alkyl halides is 1. The molecule has 28 valence electrons. The summed E-state index contributed by atoms with van der Waals surface area (Å²) in [7, 11) is 0. The molecule has 1 heteroatoms. The highest BCUT2D eigenvalue weighted by atomic mass is 35.5. The second kappa shape index (κ2) is 4.03. The molecule has 0 N–H and O–H groups in total. The van der Waals surface area contributed by atoms with E-state index in [4.69, 9.17) is 18.5 Å². The molecule has 0 atom stereocenters. The number of hydrogen-bond donors (Lipinski definition) is 0. The summed E-state index contributed by atoms with van der Waals surface area (Å²) in [5, 5.41) is 0. The first-order valence-electron chi connectivity index (χ1n) is 1.34. The quantitative estimate of drug-likeness (QED) is 0.426. The van der Waals surface area contributed by atoms with E-state index >= 15 is 0 Å². The lowest BCUT2D eigenvalue weighted by Gasteiger charge is -1.62. The van der Waals surface area contributed by atoms with Crippen LogP contribution in [0.2, 0.25) is 0 Å². The topological polar surface area (TPSA) is 0 Å². The maximum atomic E-state index is 5.13. The fourth-order valence-corrected chi connectivity index (χ4v) is 0.154. The van der Waals surface area contributed by atoms with Gasteiger partial charge in [-0.3, -0.25) is 0 Å². The summed E-state index contributed by atoms with van der Waals surface area (Å²) in [4.78, 5) is 0. The molecule has 0 aromatic carbocycles. The number of hydrogen-bond acceptors (Lipinski definition) is 0. The van der Waals surface area contributed by atoms with Crippen LogP contribution in [-0.4, -0.2) is 5.88 Å². The largest absolute Gasteiger partial charge is 0.122 e. The van der Waals surface area contributed by atoms with Gasteiger partial charge in [-0.05, 0) is 6.92 Å². The zero-order valence-corrected chi connectivity index (χ0v) is 3.57. The van der Waals surface area contributed by atoms with Crippen LogP contribution in [-0.2, 0) is 0 Å². The van der Waals surface area contributed by atoms with E-state index in [1.807, 2.05) is 0 Å². The van der Waals surface area contributed by atoms with Crippen LogP contribution in [0.1, 0.15) is 0 Å². The Bertz CT molecular complexity index is 30.6. The first-order chi connectivity index (χ1) is 2.41. The first-order valence-corrected chi connectivity index (χ1v) is 1.88. The fourth-order valence-electron chi connectivity index (χ4n) is 0.0514. The third-order valence-corrected chi connectivity index (χ3v) is 0.403. The molecule has 0 bridgehead atoms. The predicted molar refractivity (Wildman–Crippen MR) is 24.2 cm³/mol. The van der Waals surface area contributed by atoms with Crippen molar-refractivity contribution in [3.05, 3.63) is 19.1 Å². The fraction of sp³-hybridized carbons (Fsp3) is 0.250. The van der Waals surface area contributed by atoms with E-state index in [2.05, 4.69) is 0 Å². The molecule has 0 saturated carbocycles. The summed E-state index contributed by atoms with van der Waals surface area (Å²) in [5.41, 5.74) is 0. The van der Waals surface area contributed by atoms with E-state index in [1.54, 1.807) is 6.08 Å². The average molecular weight is 88.5 g/mol.